The number of hydrogen-bond acceptors (Lipinski definition) is 7. The van der Waals surface area contributed by atoms with E-state index in [0.717, 1.165) is 32.1 Å². The third kappa shape index (κ3) is 4.88. The van der Waals surface area contributed by atoms with Gasteiger partial charge in [0.25, 0.3) is 5.91 Å². The topological polar surface area (TPSA) is 94.6 Å². The van der Waals surface area contributed by atoms with E-state index in [9.17, 15) is 14.4 Å². The number of fused-ring (bicyclic) bond motifs is 1. The van der Waals surface area contributed by atoms with Crippen molar-refractivity contribution in [3.8, 4) is 0 Å². The summed E-state index contributed by atoms with van der Waals surface area (Å²) in [5.74, 6) is -1.42. The monoisotopic (exact) mass is 477 g/mol. The molecule has 3 aromatic rings. The number of carbonyl (C=O) groups excluding carboxylic acids is 2. The molecule has 1 saturated carbocycles. The van der Waals surface area contributed by atoms with Gasteiger partial charge in [-0.05, 0) is 31.9 Å². The highest BCUT2D eigenvalue weighted by Gasteiger charge is 2.33. The van der Waals surface area contributed by atoms with Gasteiger partial charge in [-0.15, -0.1) is 11.3 Å². The van der Waals surface area contributed by atoms with Crippen LogP contribution in [0.25, 0.3) is 11.1 Å². The van der Waals surface area contributed by atoms with Gasteiger partial charge in [-0.1, -0.05) is 30.9 Å². The van der Waals surface area contributed by atoms with Gasteiger partial charge in [0.05, 0.1) is 11.9 Å². The Hall–Kier alpha value is -2.65. The Morgan fingerprint density at radius 3 is 2.84 bits per heavy atom. The number of aryl methyl sites for hydroxylation is 1. The average molecular weight is 478 g/mol. The zero-order chi connectivity index (χ0) is 22.7. The maximum absolute atomic E-state index is 13.2. The van der Waals surface area contributed by atoms with E-state index >= 15 is 0 Å². The first kappa shape index (κ1) is 22.5. The van der Waals surface area contributed by atoms with E-state index in [4.69, 9.17) is 20.8 Å². The quantitative estimate of drug-likeness (QED) is 0.468. The summed E-state index contributed by atoms with van der Waals surface area (Å²) >= 11 is 7.33. The fourth-order valence-electron chi connectivity index (χ4n) is 4.06. The first-order chi connectivity index (χ1) is 15.4. The minimum absolute atomic E-state index is 0.0613. The highest BCUT2D eigenvalue weighted by molar-refractivity contribution is 7.13. The van der Waals surface area contributed by atoms with Gasteiger partial charge in [-0.3, -0.25) is 19.1 Å². The zero-order valence-electron chi connectivity index (χ0n) is 17.7. The van der Waals surface area contributed by atoms with Crippen molar-refractivity contribution in [2.45, 2.75) is 64.1 Å². The Kier molecular flexibility index (Phi) is 6.95. The van der Waals surface area contributed by atoms with Crippen LogP contribution in [0, 0.1) is 0 Å². The first-order valence-electron chi connectivity index (χ1n) is 10.6. The Morgan fingerprint density at radius 1 is 1.34 bits per heavy atom. The molecule has 2 aromatic heterocycles. The molecule has 0 radical (unpaired) electrons. The van der Waals surface area contributed by atoms with Crippen LogP contribution in [0.5, 0.6) is 0 Å². The molecule has 0 saturated heterocycles. The third-order valence-electron chi connectivity index (χ3n) is 5.63. The lowest BCUT2D eigenvalue weighted by molar-refractivity contribution is -0.154. The number of rotatable bonds is 7. The number of ether oxygens (including phenoxy) is 1. The lowest BCUT2D eigenvalue weighted by Crippen LogP contribution is -2.47. The van der Waals surface area contributed by atoms with Gasteiger partial charge >= 0.3 is 11.7 Å². The smallest absolute Gasteiger partial charge is 0.419 e. The number of hydrogen-bond donors (Lipinski definition) is 0. The number of aromatic nitrogens is 2. The van der Waals surface area contributed by atoms with Gasteiger partial charge in [-0.2, -0.15) is 0 Å². The molecule has 0 bridgehead atoms. The summed E-state index contributed by atoms with van der Waals surface area (Å²) in [6, 6.07) is 4.92. The second kappa shape index (κ2) is 9.87. The minimum atomic E-state index is -0.954. The molecule has 32 heavy (non-hydrogen) atoms. The number of halogens is 1. The standard InChI is InChI=1S/C22H24ClN3O5S/c1-14(20(28)26(21-24-10-12-32-21)16-5-3-2-4-6-16)30-19(27)9-11-25-17-8-7-15(23)13-18(17)31-22(25)29/h7-8,10,12-14,16H,2-6,9,11H2,1H3/t14-/m1/s1. The summed E-state index contributed by atoms with van der Waals surface area (Å²) in [7, 11) is 0. The Morgan fingerprint density at radius 2 is 2.12 bits per heavy atom. The highest BCUT2D eigenvalue weighted by atomic mass is 35.5. The van der Waals surface area contributed by atoms with E-state index < -0.39 is 17.8 Å². The summed E-state index contributed by atoms with van der Waals surface area (Å²) in [6.45, 7) is 1.65. The van der Waals surface area contributed by atoms with Gasteiger partial charge < -0.3 is 9.15 Å². The summed E-state index contributed by atoms with van der Waals surface area (Å²) < 4.78 is 12.0. The fourth-order valence-corrected chi connectivity index (χ4v) is 4.94. The van der Waals surface area contributed by atoms with Crippen LogP contribution in [0.4, 0.5) is 5.13 Å². The maximum atomic E-state index is 13.2. The van der Waals surface area contributed by atoms with E-state index in [1.54, 1.807) is 36.2 Å². The van der Waals surface area contributed by atoms with Crippen LogP contribution in [-0.4, -0.2) is 33.6 Å². The molecule has 0 unspecified atom stereocenters. The van der Waals surface area contributed by atoms with E-state index in [-0.39, 0.29) is 24.9 Å². The highest BCUT2D eigenvalue weighted by Crippen LogP contribution is 2.29. The molecule has 1 aliphatic carbocycles. The van der Waals surface area contributed by atoms with Gasteiger partial charge in [0, 0.05) is 35.3 Å². The summed E-state index contributed by atoms with van der Waals surface area (Å²) in [5, 5.41) is 2.91. The van der Waals surface area contributed by atoms with Gasteiger partial charge in [0.1, 0.15) is 0 Å². The van der Waals surface area contributed by atoms with Crippen molar-refractivity contribution in [1.29, 1.82) is 0 Å². The number of esters is 1. The van der Waals surface area contributed by atoms with Crippen LogP contribution in [0.3, 0.4) is 0 Å². The van der Waals surface area contributed by atoms with Crippen molar-refractivity contribution in [3.05, 3.63) is 45.3 Å². The number of thiazole rings is 1. The van der Waals surface area contributed by atoms with Crippen LogP contribution < -0.4 is 10.7 Å². The van der Waals surface area contributed by atoms with Crippen molar-refractivity contribution >= 4 is 51.0 Å². The molecular formula is C22H24ClN3O5S. The first-order valence-corrected chi connectivity index (χ1v) is 11.9. The molecule has 1 amide bonds. The number of nitrogens with zero attached hydrogens (tertiary/aromatic N) is 3. The minimum Gasteiger partial charge on any atom is -0.452 e. The van der Waals surface area contributed by atoms with Crippen LogP contribution in [0.1, 0.15) is 45.4 Å². The van der Waals surface area contributed by atoms with Crippen molar-refractivity contribution in [1.82, 2.24) is 9.55 Å². The third-order valence-corrected chi connectivity index (χ3v) is 6.63. The Bertz CT molecular complexity index is 1150. The fraction of sp³-hybridized carbons (Fsp3) is 0.455. The lowest BCUT2D eigenvalue weighted by atomic mass is 9.94. The van der Waals surface area contributed by atoms with Gasteiger partial charge in [0.15, 0.2) is 16.8 Å². The molecule has 4 rings (SSSR count). The molecular weight excluding hydrogens is 454 g/mol. The number of anilines is 1. The molecule has 0 aliphatic heterocycles. The molecule has 0 spiro atoms. The van der Waals surface area contributed by atoms with E-state index in [0.29, 0.717) is 21.3 Å². The predicted molar refractivity (Wildman–Crippen MR) is 122 cm³/mol. The molecule has 0 N–H and O–H groups in total. The summed E-state index contributed by atoms with van der Waals surface area (Å²) in [6.07, 6.45) is 5.74. The lowest BCUT2D eigenvalue weighted by Gasteiger charge is -2.33. The predicted octanol–water partition coefficient (Wildman–Crippen LogP) is 4.39. The molecule has 1 aromatic carbocycles. The van der Waals surface area contributed by atoms with Gasteiger partial charge in [0.2, 0.25) is 0 Å². The van der Waals surface area contributed by atoms with Crippen molar-refractivity contribution < 1.29 is 18.7 Å². The van der Waals surface area contributed by atoms with E-state index in [2.05, 4.69) is 4.98 Å². The maximum Gasteiger partial charge on any atom is 0.419 e. The SMILES string of the molecule is C[C@@H](OC(=O)CCn1c(=O)oc2cc(Cl)ccc21)C(=O)N(c1nccs1)C1CCCCC1. The Labute approximate surface area is 193 Å². The van der Waals surface area contributed by atoms with Crippen LogP contribution >= 0.6 is 22.9 Å². The van der Waals surface area contributed by atoms with Crippen molar-refractivity contribution in [3.63, 3.8) is 0 Å². The summed E-state index contributed by atoms with van der Waals surface area (Å²) in [5.41, 5.74) is 0.898. The second-order valence-electron chi connectivity index (χ2n) is 7.83. The molecule has 1 atom stereocenters. The average Bonchev–Trinajstić information content (AvgIpc) is 3.40. The van der Waals surface area contributed by atoms with E-state index in [1.165, 1.54) is 15.9 Å². The van der Waals surface area contributed by atoms with Crippen molar-refractivity contribution in [2.24, 2.45) is 0 Å². The number of amides is 1. The van der Waals surface area contributed by atoms with Crippen LogP contribution in [0.15, 0.2) is 39.0 Å². The van der Waals surface area contributed by atoms with Crippen LogP contribution in [-0.2, 0) is 20.9 Å². The number of oxazole rings is 1. The molecule has 2 heterocycles. The second-order valence-corrected chi connectivity index (χ2v) is 9.14. The number of benzene rings is 1. The van der Waals surface area contributed by atoms with Crippen molar-refractivity contribution in [2.75, 3.05) is 4.90 Å². The molecule has 8 nitrogen and oxygen atoms in total. The molecule has 10 heteroatoms. The van der Waals surface area contributed by atoms with Crippen LogP contribution in [0.2, 0.25) is 5.02 Å². The molecule has 1 fully saturated rings. The normalized spacial score (nSPS) is 15.6. The van der Waals surface area contributed by atoms with Gasteiger partial charge in [-0.25, -0.2) is 9.78 Å². The number of carbonyl (C=O) groups is 2. The molecule has 170 valence electrons. The Balaban J connectivity index is 1.41. The van der Waals surface area contributed by atoms with E-state index in [1.807, 2.05) is 5.38 Å². The summed E-state index contributed by atoms with van der Waals surface area (Å²) in [4.78, 5) is 43.8. The molecule has 1 aliphatic rings. The largest absolute Gasteiger partial charge is 0.452 e. The zero-order valence-corrected chi connectivity index (χ0v) is 19.2.